The average molecular weight is 373 g/mol. The molecule has 0 aromatic heterocycles. The lowest BCUT2D eigenvalue weighted by Gasteiger charge is -2.10. The first-order valence-corrected chi connectivity index (χ1v) is 8.56. The highest BCUT2D eigenvalue weighted by molar-refractivity contribution is 5.98. The monoisotopic (exact) mass is 373 g/mol. The topological polar surface area (TPSA) is 83.1 Å². The summed E-state index contributed by atoms with van der Waals surface area (Å²) in [6, 6.07) is 13.9. The van der Waals surface area contributed by atoms with Crippen LogP contribution >= 0.6 is 0 Å². The van der Waals surface area contributed by atoms with Crippen LogP contribution in [0.25, 0.3) is 0 Å². The molecule has 7 nitrogen and oxygen atoms in total. The smallest absolute Gasteiger partial charge is 0.325 e. The van der Waals surface area contributed by atoms with E-state index in [0.717, 1.165) is 5.75 Å². The number of esters is 1. The number of nitrogens with one attached hydrogen (secondary N) is 1. The highest BCUT2D eigenvalue weighted by Gasteiger charge is 2.13. The summed E-state index contributed by atoms with van der Waals surface area (Å²) in [7, 11) is 1.48. The molecule has 0 saturated carbocycles. The number of benzene rings is 2. The van der Waals surface area contributed by atoms with Crippen molar-refractivity contribution < 1.29 is 28.5 Å². The first kappa shape index (κ1) is 20.1. The SMILES string of the molecule is CCOc1ccc(OCCOC(=O)CNC(=O)c2ccccc2OC)cc1. The molecule has 0 unspecified atom stereocenters. The Morgan fingerprint density at radius 1 is 0.926 bits per heavy atom. The summed E-state index contributed by atoms with van der Waals surface area (Å²) in [5, 5.41) is 2.50. The second-order valence-corrected chi connectivity index (χ2v) is 5.36. The van der Waals surface area contributed by atoms with E-state index in [4.69, 9.17) is 18.9 Å². The molecule has 0 aliphatic carbocycles. The van der Waals surface area contributed by atoms with Crippen molar-refractivity contribution in [1.29, 1.82) is 0 Å². The predicted molar refractivity (Wildman–Crippen MR) is 99.4 cm³/mol. The molecule has 7 heteroatoms. The Kier molecular flexibility index (Phi) is 7.96. The molecule has 0 saturated heterocycles. The van der Waals surface area contributed by atoms with Crippen LogP contribution < -0.4 is 19.5 Å². The molecular weight excluding hydrogens is 350 g/mol. The van der Waals surface area contributed by atoms with Crippen molar-refractivity contribution in [2.24, 2.45) is 0 Å². The van der Waals surface area contributed by atoms with Gasteiger partial charge in [0, 0.05) is 0 Å². The Balaban J connectivity index is 1.66. The molecule has 0 radical (unpaired) electrons. The van der Waals surface area contributed by atoms with Gasteiger partial charge in [0.2, 0.25) is 0 Å². The largest absolute Gasteiger partial charge is 0.496 e. The van der Waals surface area contributed by atoms with E-state index < -0.39 is 11.9 Å². The van der Waals surface area contributed by atoms with Gasteiger partial charge in [-0.1, -0.05) is 12.1 Å². The van der Waals surface area contributed by atoms with Crippen LogP contribution in [-0.2, 0) is 9.53 Å². The number of amides is 1. The van der Waals surface area contributed by atoms with Crippen LogP contribution in [0.5, 0.6) is 17.2 Å². The van der Waals surface area contributed by atoms with Gasteiger partial charge in [0.1, 0.15) is 37.0 Å². The highest BCUT2D eigenvalue weighted by atomic mass is 16.6. The normalized spacial score (nSPS) is 10.0. The Hall–Kier alpha value is -3.22. The van der Waals surface area contributed by atoms with Crippen molar-refractivity contribution in [2.45, 2.75) is 6.92 Å². The van der Waals surface area contributed by atoms with Crippen LogP contribution in [0.2, 0.25) is 0 Å². The minimum Gasteiger partial charge on any atom is -0.496 e. The minimum absolute atomic E-state index is 0.0799. The van der Waals surface area contributed by atoms with Gasteiger partial charge < -0.3 is 24.3 Å². The molecule has 2 aromatic rings. The second-order valence-electron chi connectivity index (χ2n) is 5.36. The van der Waals surface area contributed by atoms with Gasteiger partial charge in [-0.2, -0.15) is 0 Å². The van der Waals surface area contributed by atoms with Crippen LogP contribution in [0.15, 0.2) is 48.5 Å². The molecule has 27 heavy (non-hydrogen) atoms. The maximum absolute atomic E-state index is 12.1. The Morgan fingerprint density at radius 2 is 1.59 bits per heavy atom. The number of methoxy groups -OCH3 is 1. The lowest BCUT2D eigenvalue weighted by molar-refractivity contribution is -0.143. The molecule has 0 fully saturated rings. The molecule has 0 atom stereocenters. The van der Waals surface area contributed by atoms with Crippen LogP contribution in [0, 0.1) is 0 Å². The highest BCUT2D eigenvalue weighted by Crippen LogP contribution is 2.18. The fourth-order valence-electron chi connectivity index (χ4n) is 2.24. The van der Waals surface area contributed by atoms with Crippen LogP contribution in [0.1, 0.15) is 17.3 Å². The van der Waals surface area contributed by atoms with Gasteiger partial charge in [0.05, 0.1) is 19.3 Å². The summed E-state index contributed by atoms with van der Waals surface area (Å²) < 4.78 is 21.0. The number of hydrogen-bond donors (Lipinski definition) is 1. The predicted octanol–water partition coefficient (Wildman–Crippen LogP) is 2.45. The number of carbonyl (C=O) groups excluding carboxylic acids is 2. The molecular formula is C20H23NO6. The van der Waals surface area contributed by atoms with Gasteiger partial charge in [-0.15, -0.1) is 0 Å². The molecule has 0 aliphatic rings. The van der Waals surface area contributed by atoms with Crippen molar-refractivity contribution >= 4 is 11.9 Å². The van der Waals surface area contributed by atoms with Crippen LogP contribution in [0.4, 0.5) is 0 Å². The summed E-state index contributed by atoms with van der Waals surface area (Å²) in [6.07, 6.45) is 0. The Morgan fingerprint density at radius 3 is 2.26 bits per heavy atom. The quantitative estimate of drug-likeness (QED) is 0.509. The van der Waals surface area contributed by atoms with E-state index in [1.165, 1.54) is 7.11 Å². The summed E-state index contributed by atoms with van der Waals surface area (Å²) >= 11 is 0. The van der Waals surface area contributed by atoms with Crippen LogP contribution in [0.3, 0.4) is 0 Å². The molecule has 0 heterocycles. The van der Waals surface area contributed by atoms with Gasteiger partial charge in [-0.25, -0.2) is 0 Å². The Labute approximate surface area is 158 Å². The lowest BCUT2D eigenvalue weighted by Crippen LogP contribution is -2.31. The summed E-state index contributed by atoms with van der Waals surface area (Å²) in [5.74, 6) is 0.900. The molecule has 2 aromatic carbocycles. The molecule has 2 rings (SSSR count). The molecule has 0 bridgehead atoms. The van der Waals surface area contributed by atoms with E-state index in [1.807, 2.05) is 6.92 Å². The van der Waals surface area contributed by atoms with E-state index in [9.17, 15) is 9.59 Å². The maximum Gasteiger partial charge on any atom is 0.325 e. The van der Waals surface area contributed by atoms with Crippen molar-refractivity contribution in [2.75, 3.05) is 33.5 Å². The third-order valence-corrected chi connectivity index (χ3v) is 3.49. The fourth-order valence-corrected chi connectivity index (χ4v) is 2.24. The summed E-state index contributed by atoms with van der Waals surface area (Å²) in [4.78, 5) is 23.8. The number of para-hydroxylation sites is 1. The number of ether oxygens (including phenoxy) is 4. The van der Waals surface area contributed by atoms with Gasteiger partial charge in [-0.3, -0.25) is 9.59 Å². The molecule has 0 spiro atoms. The second kappa shape index (κ2) is 10.7. The van der Waals surface area contributed by atoms with E-state index >= 15 is 0 Å². The van der Waals surface area contributed by atoms with E-state index in [1.54, 1.807) is 48.5 Å². The Bertz CT molecular complexity index is 744. The third-order valence-electron chi connectivity index (χ3n) is 3.49. The lowest BCUT2D eigenvalue weighted by atomic mass is 10.2. The van der Waals surface area contributed by atoms with Crippen molar-refractivity contribution in [1.82, 2.24) is 5.32 Å². The first-order valence-electron chi connectivity index (χ1n) is 8.56. The van der Waals surface area contributed by atoms with Gasteiger partial charge in [0.25, 0.3) is 5.91 Å². The standard InChI is InChI=1S/C20H23NO6/c1-3-25-15-8-10-16(11-9-15)26-12-13-27-19(22)14-21-20(23)17-6-4-5-7-18(17)24-2/h4-11H,3,12-14H2,1-2H3,(H,21,23). The van der Waals surface area contributed by atoms with E-state index in [2.05, 4.69) is 5.32 Å². The van der Waals surface area contributed by atoms with Crippen molar-refractivity contribution in [3.05, 3.63) is 54.1 Å². The first-order chi connectivity index (χ1) is 13.1. The molecule has 144 valence electrons. The van der Waals surface area contributed by atoms with Gasteiger partial charge >= 0.3 is 5.97 Å². The van der Waals surface area contributed by atoms with Gasteiger partial charge in [-0.05, 0) is 43.3 Å². The van der Waals surface area contributed by atoms with E-state index in [0.29, 0.717) is 23.7 Å². The van der Waals surface area contributed by atoms with E-state index in [-0.39, 0.29) is 19.8 Å². The zero-order valence-electron chi connectivity index (χ0n) is 15.4. The fraction of sp³-hybridized carbons (Fsp3) is 0.300. The minimum atomic E-state index is -0.548. The zero-order chi connectivity index (χ0) is 19.5. The van der Waals surface area contributed by atoms with Crippen molar-refractivity contribution in [3.63, 3.8) is 0 Å². The van der Waals surface area contributed by atoms with Crippen molar-refractivity contribution in [3.8, 4) is 17.2 Å². The molecule has 1 amide bonds. The number of carbonyl (C=O) groups is 2. The zero-order valence-corrected chi connectivity index (χ0v) is 15.4. The molecule has 1 N–H and O–H groups in total. The number of hydrogen-bond acceptors (Lipinski definition) is 6. The average Bonchev–Trinajstić information content (AvgIpc) is 2.70. The van der Waals surface area contributed by atoms with Gasteiger partial charge in [0.15, 0.2) is 0 Å². The maximum atomic E-state index is 12.1. The number of rotatable bonds is 10. The summed E-state index contributed by atoms with van der Waals surface area (Å²) in [5.41, 5.74) is 0.353. The summed E-state index contributed by atoms with van der Waals surface area (Å²) in [6.45, 7) is 2.57. The molecule has 0 aliphatic heterocycles. The third kappa shape index (κ3) is 6.54. The van der Waals surface area contributed by atoms with Crippen LogP contribution in [-0.4, -0.2) is 45.4 Å².